The molecule has 2 aliphatic carbocycles. The second-order valence-electron chi connectivity index (χ2n) is 7.22. The summed E-state index contributed by atoms with van der Waals surface area (Å²) in [6.45, 7) is 5.75. The zero-order valence-electron chi connectivity index (χ0n) is 12.9. The molecule has 3 rings (SSSR count). The summed E-state index contributed by atoms with van der Waals surface area (Å²) in [7, 11) is 0. The van der Waals surface area contributed by atoms with Gasteiger partial charge in [0.15, 0.2) is 0 Å². The van der Waals surface area contributed by atoms with Crippen LogP contribution in [0.25, 0.3) is 0 Å². The van der Waals surface area contributed by atoms with Gasteiger partial charge in [0.05, 0.1) is 11.1 Å². The highest BCUT2D eigenvalue weighted by atomic mass is 19.1. The lowest BCUT2D eigenvalue weighted by molar-refractivity contribution is -0.131. The van der Waals surface area contributed by atoms with Gasteiger partial charge in [-0.05, 0) is 30.4 Å². The minimum absolute atomic E-state index is 0.0821. The fraction of sp³-hybridized carbons (Fsp3) is 0.529. The molecule has 0 heterocycles. The Morgan fingerprint density at radius 3 is 2.41 bits per heavy atom. The van der Waals surface area contributed by atoms with Crippen LogP contribution in [-0.4, -0.2) is 11.7 Å². The highest BCUT2D eigenvalue weighted by molar-refractivity contribution is 6.04. The fourth-order valence-electron chi connectivity index (χ4n) is 4.20. The number of benzene rings is 1. The molecule has 5 heteroatoms. The molecule has 0 spiro atoms. The Kier molecular flexibility index (Phi) is 3.00. The predicted molar refractivity (Wildman–Crippen MR) is 78.2 cm³/mol. The number of amides is 1. The summed E-state index contributed by atoms with van der Waals surface area (Å²) >= 11 is 0. The van der Waals surface area contributed by atoms with Gasteiger partial charge in [-0.25, -0.2) is 8.78 Å². The molecule has 22 heavy (non-hydrogen) atoms. The van der Waals surface area contributed by atoms with Crippen molar-refractivity contribution in [1.82, 2.24) is 0 Å². The van der Waals surface area contributed by atoms with Gasteiger partial charge in [-0.3, -0.25) is 9.59 Å². The highest BCUT2D eigenvalue weighted by Crippen LogP contribution is 2.70. The largest absolute Gasteiger partial charge is 0.323 e. The van der Waals surface area contributed by atoms with Crippen LogP contribution in [0.3, 0.4) is 0 Å². The van der Waals surface area contributed by atoms with Crippen LogP contribution < -0.4 is 5.32 Å². The first kappa shape index (κ1) is 15.1. The molecule has 1 aromatic rings. The Morgan fingerprint density at radius 2 is 1.86 bits per heavy atom. The summed E-state index contributed by atoms with van der Waals surface area (Å²) in [5, 5.41) is 2.50. The normalized spacial score (nSPS) is 32.3. The second-order valence-corrected chi connectivity index (χ2v) is 7.22. The van der Waals surface area contributed by atoms with Gasteiger partial charge in [0.1, 0.15) is 17.4 Å². The van der Waals surface area contributed by atoms with Crippen molar-refractivity contribution in [2.75, 3.05) is 5.32 Å². The summed E-state index contributed by atoms with van der Waals surface area (Å²) in [6.07, 6.45) is 1.40. The van der Waals surface area contributed by atoms with E-state index in [2.05, 4.69) is 5.32 Å². The molecular formula is C17H19F2NO2. The number of nitrogens with one attached hydrogen (secondary N) is 1. The molecule has 118 valence electrons. The van der Waals surface area contributed by atoms with Crippen molar-refractivity contribution in [2.45, 2.75) is 40.0 Å². The molecule has 0 aromatic heterocycles. The van der Waals surface area contributed by atoms with Gasteiger partial charge in [0.25, 0.3) is 0 Å². The number of carbonyl (C=O) groups excluding carboxylic acids is 2. The van der Waals surface area contributed by atoms with Gasteiger partial charge in [-0.2, -0.15) is 0 Å². The van der Waals surface area contributed by atoms with E-state index < -0.39 is 33.8 Å². The fourth-order valence-corrected chi connectivity index (χ4v) is 4.20. The van der Waals surface area contributed by atoms with Crippen LogP contribution in [0.4, 0.5) is 14.5 Å². The van der Waals surface area contributed by atoms with Crippen LogP contribution in [0.1, 0.15) is 40.0 Å². The van der Waals surface area contributed by atoms with Crippen molar-refractivity contribution in [2.24, 2.45) is 16.2 Å². The third-order valence-electron chi connectivity index (χ3n) is 6.32. The van der Waals surface area contributed by atoms with Gasteiger partial charge in [0.2, 0.25) is 5.91 Å². The number of halogens is 2. The van der Waals surface area contributed by atoms with Crippen LogP contribution in [-0.2, 0) is 9.59 Å². The molecule has 0 aliphatic heterocycles. The number of rotatable bonds is 2. The predicted octanol–water partition coefficient (Wildman–Crippen LogP) is 3.69. The van der Waals surface area contributed by atoms with Crippen LogP contribution in [0.15, 0.2) is 18.2 Å². The SMILES string of the molecule is CC1(C)[C@]2(C(=O)Nc3cc(F)ccc3F)CC[C@]1(C)C(=O)C2. The second kappa shape index (κ2) is 4.37. The first-order chi connectivity index (χ1) is 10.1. The average Bonchev–Trinajstić information content (AvgIpc) is 2.73. The lowest BCUT2D eigenvalue weighted by Gasteiger charge is -2.38. The molecule has 2 atom stereocenters. The first-order valence-corrected chi connectivity index (χ1v) is 7.44. The number of anilines is 1. The van der Waals surface area contributed by atoms with Crippen LogP contribution in [0, 0.1) is 27.9 Å². The van der Waals surface area contributed by atoms with E-state index in [1.54, 1.807) is 0 Å². The zero-order valence-corrected chi connectivity index (χ0v) is 12.9. The summed E-state index contributed by atoms with van der Waals surface area (Å²) in [5.74, 6) is -1.61. The van der Waals surface area contributed by atoms with Gasteiger partial charge >= 0.3 is 0 Å². The van der Waals surface area contributed by atoms with Gasteiger partial charge in [-0.1, -0.05) is 20.8 Å². The molecular weight excluding hydrogens is 288 g/mol. The molecule has 0 unspecified atom stereocenters. The standard InChI is InChI=1S/C17H19F2NO2/c1-15(2)16(3)6-7-17(15,9-13(16)21)14(22)20-12-8-10(18)4-5-11(12)19/h4-5,8H,6-7,9H2,1-3H3,(H,20,22)/t16-,17-/m1/s1. The summed E-state index contributed by atoms with van der Waals surface area (Å²) < 4.78 is 27.0. The Labute approximate surface area is 128 Å². The molecule has 1 aromatic carbocycles. The average molecular weight is 307 g/mol. The molecule has 3 nitrogen and oxygen atoms in total. The van der Waals surface area contributed by atoms with Crippen molar-refractivity contribution in [3.05, 3.63) is 29.8 Å². The van der Waals surface area contributed by atoms with Crippen LogP contribution in [0.5, 0.6) is 0 Å². The lowest BCUT2D eigenvalue weighted by atomic mass is 9.64. The summed E-state index contributed by atoms with van der Waals surface area (Å²) in [6, 6.07) is 2.94. The molecule has 2 aliphatic rings. The minimum atomic E-state index is -0.850. The molecule has 2 saturated carbocycles. The highest BCUT2D eigenvalue weighted by Gasteiger charge is 2.72. The Hall–Kier alpha value is -1.78. The molecule has 0 radical (unpaired) electrons. The van der Waals surface area contributed by atoms with E-state index >= 15 is 0 Å². The number of carbonyl (C=O) groups is 2. The van der Waals surface area contributed by atoms with E-state index in [1.807, 2.05) is 20.8 Å². The maximum atomic E-state index is 13.8. The third kappa shape index (κ3) is 1.65. The van der Waals surface area contributed by atoms with E-state index in [-0.39, 0.29) is 17.9 Å². The number of ketones is 1. The summed E-state index contributed by atoms with van der Waals surface area (Å²) in [4.78, 5) is 25.2. The maximum Gasteiger partial charge on any atom is 0.231 e. The van der Waals surface area contributed by atoms with E-state index in [9.17, 15) is 18.4 Å². The lowest BCUT2D eigenvalue weighted by Crippen LogP contribution is -2.43. The zero-order chi connectivity index (χ0) is 16.3. The molecule has 1 amide bonds. The van der Waals surface area contributed by atoms with E-state index in [0.29, 0.717) is 12.8 Å². The maximum absolute atomic E-state index is 13.8. The summed E-state index contributed by atoms with van der Waals surface area (Å²) in [5.41, 5.74) is -2.06. The van der Waals surface area contributed by atoms with Crippen molar-refractivity contribution in [1.29, 1.82) is 0 Å². The Balaban J connectivity index is 1.96. The smallest absolute Gasteiger partial charge is 0.231 e. The number of hydrogen-bond donors (Lipinski definition) is 1. The monoisotopic (exact) mass is 307 g/mol. The van der Waals surface area contributed by atoms with Crippen LogP contribution in [0.2, 0.25) is 0 Å². The Morgan fingerprint density at radius 1 is 1.18 bits per heavy atom. The van der Waals surface area contributed by atoms with Gasteiger partial charge < -0.3 is 5.32 Å². The minimum Gasteiger partial charge on any atom is -0.323 e. The first-order valence-electron chi connectivity index (χ1n) is 7.44. The third-order valence-corrected chi connectivity index (χ3v) is 6.32. The number of hydrogen-bond acceptors (Lipinski definition) is 2. The van der Waals surface area contributed by atoms with Crippen molar-refractivity contribution in [3.63, 3.8) is 0 Å². The van der Waals surface area contributed by atoms with Crippen molar-refractivity contribution < 1.29 is 18.4 Å². The topological polar surface area (TPSA) is 46.2 Å². The molecule has 2 fully saturated rings. The molecule has 0 saturated heterocycles. The molecule has 2 bridgehead atoms. The quantitative estimate of drug-likeness (QED) is 0.905. The van der Waals surface area contributed by atoms with E-state index in [4.69, 9.17) is 0 Å². The van der Waals surface area contributed by atoms with Gasteiger partial charge in [-0.15, -0.1) is 0 Å². The van der Waals surface area contributed by atoms with Gasteiger partial charge in [0, 0.05) is 17.9 Å². The number of fused-ring (bicyclic) bond motifs is 2. The number of Topliss-reactive ketones (excluding diaryl/α,β-unsaturated/α-hetero) is 1. The van der Waals surface area contributed by atoms with Crippen LogP contribution >= 0.6 is 0 Å². The molecule has 1 N–H and O–H groups in total. The van der Waals surface area contributed by atoms with Crippen molar-refractivity contribution in [3.8, 4) is 0 Å². The van der Waals surface area contributed by atoms with Crippen molar-refractivity contribution >= 4 is 17.4 Å². The Bertz CT molecular complexity index is 685. The van der Waals surface area contributed by atoms with E-state index in [0.717, 1.165) is 18.2 Å². The van der Waals surface area contributed by atoms with E-state index in [1.165, 1.54) is 0 Å².